The molecule has 1 fully saturated rings. The number of nitrogen functional groups attached to an aromatic ring is 1. The molecule has 0 amide bonds. The Morgan fingerprint density at radius 3 is 2.72 bits per heavy atom. The molecule has 0 aliphatic carbocycles. The summed E-state index contributed by atoms with van der Waals surface area (Å²) in [7, 11) is 2.11. The van der Waals surface area contributed by atoms with Crippen molar-refractivity contribution in [1.29, 1.82) is 0 Å². The molecule has 0 spiro atoms. The number of nitrogens with one attached hydrogen (secondary N) is 1. The summed E-state index contributed by atoms with van der Waals surface area (Å²) in [6.07, 6.45) is 1.56. The van der Waals surface area contributed by atoms with Crippen LogP contribution in [0, 0.1) is 5.82 Å². The van der Waals surface area contributed by atoms with Crippen LogP contribution >= 0.6 is 0 Å². The maximum atomic E-state index is 14.4. The third-order valence-corrected chi connectivity index (χ3v) is 5.64. The molecule has 29 heavy (non-hydrogen) atoms. The smallest absolute Gasteiger partial charge is 0.274 e. The predicted molar refractivity (Wildman–Crippen MR) is 113 cm³/mol. The molecule has 1 aliphatic heterocycles. The van der Waals surface area contributed by atoms with Crippen LogP contribution in [-0.4, -0.2) is 52.7 Å². The van der Waals surface area contributed by atoms with Gasteiger partial charge in [0.15, 0.2) is 0 Å². The zero-order valence-corrected chi connectivity index (χ0v) is 16.0. The van der Waals surface area contributed by atoms with Crippen LogP contribution < -0.4 is 16.2 Å². The summed E-state index contributed by atoms with van der Waals surface area (Å²) in [6.45, 7) is 3.85. The van der Waals surface area contributed by atoms with E-state index in [1.54, 1.807) is 23.0 Å². The maximum Gasteiger partial charge on any atom is 0.274 e. The van der Waals surface area contributed by atoms with E-state index in [-0.39, 0.29) is 22.3 Å². The fourth-order valence-electron chi connectivity index (χ4n) is 4.00. The molecule has 7 nitrogen and oxygen atoms in total. The largest absolute Gasteiger partial charge is 0.396 e. The van der Waals surface area contributed by atoms with Gasteiger partial charge in [-0.25, -0.2) is 9.37 Å². The molecule has 2 aromatic carbocycles. The second kappa shape index (κ2) is 6.59. The number of fused-ring (bicyclic) bond motifs is 2. The second-order valence-corrected chi connectivity index (χ2v) is 7.46. The van der Waals surface area contributed by atoms with Crippen LogP contribution in [0.4, 0.5) is 15.8 Å². The van der Waals surface area contributed by atoms with E-state index in [4.69, 9.17) is 5.73 Å². The van der Waals surface area contributed by atoms with E-state index in [0.717, 1.165) is 42.9 Å². The highest BCUT2D eigenvalue weighted by molar-refractivity contribution is 5.95. The molecule has 5 rings (SSSR count). The number of pyridine rings is 1. The van der Waals surface area contributed by atoms with E-state index >= 15 is 0 Å². The molecule has 0 atom stereocenters. The molecule has 0 bridgehead atoms. The van der Waals surface area contributed by atoms with E-state index in [9.17, 15) is 9.18 Å². The Morgan fingerprint density at radius 2 is 1.93 bits per heavy atom. The Morgan fingerprint density at radius 1 is 1.14 bits per heavy atom. The highest BCUT2D eigenvalue weighted by atomic mass is 19.1. The number of halogens is 1. The Balaban J connectivity index is 1.69. The fraction of sp³-hybridized carbons (Fsp3) is 0.238. The lowest BCUT2D eigenvalue weighted by molar-refractivity contribution is 0.313. The topological polar surface area (TPSA) is 83.2 Å². The van der Waals surface area contributed by atoms with Crippen molar-refractivity contribution in [2.75, 3.05) is 43.9 Å². The highest BCUT2D eigenvalue weighted by Gasteiger charge is 2.19. The molecule has 0 saturated carbocycles. The summed E-state index contributed by atoms with van der Waals surface area (Å²) in [5.74, 6) is -0.472. The number of benzene rings is 2. The third-order valence-electron chi connectivity index (χ3n) is 5.64. The molecule has 1 saturated heterocycles. The van der Waals surface area contributed by atoms with E-state index < -0.39 is 5.82 Å². The number of likely N-dealkylation sites (N-methyl/N-ethyl adjacent to an activating group) is 1. The lowest BCUT2D eigenvalue weighted by atomic mass is 10.1. The summed E-state index contributed by atoms with van der Waals surface area (Å²) >= 11 is 0. The van der Waals surface area contributed by atoms with Crippen LogP contribution in [0.2, 0.25) is 0 Å². The summed E-state index contributed by atoms with van der Waals surface area (Å²) in [4.78, 5) is 24.6. The molecule has 8 heteroatoms. The van der Waals surface area contributed by atoms with Gasteiger partial charge in [-0.05, 0) is 37.4 Å². The van der Waals surface area contributed by atoms with Crippen molar-refractivity contribution in [2.24, 2.45) is 0 Å². The normalized spacial score (nSPS) is 15.4. The molecule has 3 heterocycles. The number of hydrogen-bond donors (Lipinski definition) is 2. The van der Waals surface area contributed by atoms with Crippen molar-refractivity contribution in [3.8, 4) is 5.69 Å². The number of rotatable bonds is 2. The lowest BCUT2D eigenvalue weighted by Crippen LogP contribution is -2.44. The zero-order chi connectivity index (χ0) is 20.1. The first-order valence-corrected chi connectivity index (χ1v) is 9.54. The molecular weight excluding hydrogens is 371 g/mol. The van der Waals surface area contributed by atoms with Gasteiger partial charge in [0, 0.05) is 31.9 Å². The lowest BCUT2D eigenvalue weighted by Gasteiger charge is -2.34. The van der Waals surface area contributed by atoms with Crippen molar-refractivity contribution in [3.05, 3.63) is 58.9 Å². The maximum absolute atomic E-state index is 14.4. The number of aromatic nitrogens is 3. The fourth-order valence-corrected chi connectivity index (χ4v) is 4.00. The quantitative estimate of drug-likeness (QED) is 0.547. The molecule has 2 aromatic heterocycles. The number of piperazine rings is 1. The molecule has 148 valence electrons. The molecular formula is C21H21FN6O. The van der Waals surface area contributed by atoms with Gasteiger partial charge in [-0.3, -0.25) is 9.36 Å². The van der Waals surface area contributed by atoms with Crippen LogP contribution in [0.3, 0.4) is 0 Å². The molecule has 4 aromatic rings. The van der Waals surface area contributed by atoms with Gasteiger partial charge in [-0.1, -0.05) is 6.07 Å². The second-order valence-electron chi connectivity index (χ2n) is 7.46. The Hall–Kier alpha value is -3.39. The first-order chi connectivity index (χ1) is 14.0. The number of nitrogens with two attached hydrogens (primary N) is 1. The number of hydrogen-bond acceptors (Lipinski definition) is 5. The van der Waals surface area contributed by atoms with Crippen LogP contribution in [0.25, 0.3) is 27.6 Å². The van der Waals surface area contributed by atoms with Gasteiger partial charge in [-0.15, -0.1) is 0 Å². The van der Waals surface area contributed by atoms with Gasteiger partial charge < -0.3 is 20.5 Å². The summed E-state index contributed by atoms with van der Waals surface area (Å²) < 4.78 is 16.1. The van der Waals surface area contributed by atoms with Crippen LogP contribution in [0.5, 0.6) is 0 Å². The predicted octanol–water partition coefficient (Wildman–Crippen LogP) is 2.34. The van der Waals surface area contributed by atoms with Gasteiger partial charge in [0.1, 0.15) is 17.8 Å². The number of anilines is 2. The Kier molecular flexibility index (Phi) is 4.02. The van der Waals surface area contributed by atoms with Gasteiger partial charge >= 0.3 is 0 Å². The van der Waals surface area contributed by atoms with E-state index in [0.29, 0.717) is 5.52 Å². The number of imidazole rings is 1. The van der Waals surface area contributed by atoms with Crippen LogP contribution in [0.15, 0.2) is 47.5 Å². The Bertz CT molecular complexity index is 1290. The van der Waals surface area contributed by atoms with Crippen molar-refractivity contribution < 1.29 is 4.39 Å². The highest BCUT2D eigenvalue weighted by Crippen LogP contribution is 2.29. The molecule has 1 aliphatic rings. The van der Waals surface area contributed by atoms with Gasteiger partial charge in [0.2, 0.25) is 0 Å². The van der Waals surface area contributed by atoms with E-state index in [1.807, 2.05) is 18.2 Å². The summed E-state index contributed by atoms with van der Waals surface area (Å²) in [5.41, 5.74) is 9.12. The van der Waals surface area contributed by atoms with Crippen molar-refractivity contribution >= 4 is 33.3 Å². The Labute approximate surface area is 166 Å². The zero-order valence-electron chi connectivity index (χ0n) is 16.0. The van der Waals surface area contributed by atoms with E-state index in [2.05, 4.69) is 26.8 Å². The molecule has 0 radical (unpaired) electrons. The van der Waals surface area contributed by atoms with Crippen LogP contribution in [0.1, 0.15) is 0 Å². The van der Waals surface area contributed by atoms with Gasteiger partial charge in [0.25, 0.3) is 5.56 Å². The first-order valence-electron chi connectivity index (χ1n) is 9.54. The number of nitrogens with zero attached hydrogens (tertiary/aromatic N) is 4. The monoisotopic (exact) mass is 392 g/mol. The average Bonchev–Trinajstić information content (AvgIpc) is 3.11. The first kappa shape index (κ1) is 17.7. The van der Waals surface area contributed by atoms with E-state index in [1.165, 1.54) is 6.07 Å². The van der Waals surface area contributed by atoms with Crippen LogP contribution in [-0.2, 0) is 0 Å². The number of H-pyrrole nitrogens is 1. The van der Waals surface area contributed by atoms with Gasteiger partial charge in [0.05, 0.1) is 27.6 Å². The minimum atomic E-state index is -0.472. The standard InChI is InChI=1S/C21H21FN6O/c1-26-7-9-27(10-8-26)13-5-6-15-17(11-13)28(12-24-15)20-19(23)18-14(22)3-2-4-16(18)25-21(20)29/h2-6,11-12H,7-10H2,1H3,(H3,23,25,29). The number of aromatic amines is 1. The molecule has 0 unspecified atom stereocenters. The third kappa shape index (κ3) is 2.84. The van der Waals surface area contributed by atoms with Crippen molar-refractivity contribution in [3.63, 3.8) is 0 Å². The van der Waals surface area contributed by atoms with Crippen molar-refractivity contribution in [2.45, 2.75) is 0 Å². The van der Waals surface area contributed by atoms with Crippen molar-refractivity contribution in [1.82, 2.24) is 19.4 Å². The summed E-state index contributed by atoms with van der Waals surface area (Å²) in [6, 6.07) is 10.5. The SMILES string of the molecule is CN1CCN(c2ccc3ncn(-c4c(N)c5c(F)cccc5[nH]c4=O)c3c2)CC1. The van der Waals surface area contributed by atoms with Gasteiger partial charge in [-0.2, -0.15) is 0 Å². The average molecular weight is 392 g/mol. The summed E-state index contributed by atoms with van der Waals surface area (Å²) in [5, 5.41) is 0.208. The minimum absolute atomic E-state index is 0.103. The molecule has 3 N–H and O–H groups in total. The minimum Gasteiger partial charge on any atom is -0.396 e.